The largest absolute Gasteiger partial charge is 0.487 e. The van der Waals surface area contributed by atoms with Crippen molar-refractivity contribution in [2.24, 2.45) is 0 Å². The van der Waals surface area contributed by atoms with Crippen molar-refractivity contribution in [1.82, 2.24) is 4.90 Å². The van der Waals surface area contributed by atoms with Crippen LogP contribution in [0.1, 0.15) is 49.7 Å². The zero-order valence-electron chi connectivity index (χ0n) is 12.5. The van der Waals surface area contributed by atoms with Crippen molar-refractivity contribution in [2.45, 2.75) is 63.5 Å². The lowest BCUT2D eigenvalue weighted by Crippen LogP contribution is -2.39. The Morgan fingerprint density at radius 3 is 3.05 bits per heavy atom. The summed E-state index contributed by atoms with van der Waals surface area (Å²) in [5.41, 5.74) is 2.90. The molecular weight excluding hydrogens is 246 g/mol. The molecule has 0 N–H and O–H groups in total. The van der Waals surface area contributed by atoms with Crippen LogP contribution in [-0.2, 0) is 6.42 Å². The first-order chi connectivity index (χ1) is 9.74. The average Bonchev–Trinajstić information content (AvgIpc) is 2.71. The molecule has 0 bridgehead atoms. The van der Waals surface area contributed by atoms with E-state index in [0.29, 0.717) is 0 Å². The maximum absolute atomic E-state index is 6.45. The molecule has 2 atom stereocenters. The number of rotatable bonds is 0. The van der Waals surface area contributed by atoms with Gasteiger partial charge in [-0.25, -0.2) is 0 Å². The fourth-order valence-corrected chi connectivity index (χ4v) is 4.42. The molecule has 2 fully saturated rings. The molecule has 0 saturated carbocycles. The van der Waals surface area contributed by atoms with E-state index in [2.05, 4.69) is 30.0 Å². The summed E-state index contributed by atoms with van der Waals surface area (Å²) >= 11 is 0. The van der Waals surface area contributed by atoms with Crippen molar-refractivity contribution in [2.75, 3.05) is 13.1 Å². The number of fused-ring (bicyclic) bond motifs is 2. The molecule has 1 spiro atoms. The summed E-state index contributed by atoms with van der Waals surface area (Å²) in [4.78, 5) is 2.73. The minimum absolute atomic E-state index is 0.105. The molecular formula is C18H25NO. The number of hydrogen-bond acceptors (Lipinski definition) is 2. The van der Waals surface area contributed by atoms with Crippen molar-refractivity contribution in [1.29, 1.82) is 0 Å². The van der Waals surface area contributed by atoms with E-state index < -0.39 is 0 Å². The summed E-state index contributed by atoms with van der Waals surface area (Å²) in [5.74, 6) is 1.15. The Labute approximate surface area is 122 Å². The van der Waals surface area contributed by atoms with Crippen LogP contribution in [0.2, 0.25) is 0 Å². The van der Waals surface area contributed by atoms with Crippen molar-refractivity contribution in [3.05, 3.63) is 29.3 Å². The Morgan fingerprint density at radius 1 is 1.15 bits per heavy atom. The first kappa shape index (κ1) is 12.7. The Balaban J connectivity index is 1.55. The standard InChI is InChI=1S/C18H25NO/c1-14-5-6-17-15(12-14)13-18(20-17)8-7-16-4-2-3-10-19(16)11-9-18/h5-6,12,16H,2-4,7-11,13H2,1H3. The van der Waals surface area contributed by atoms with Gasteiger partial charge in [-0.2, -0.15) is 0 Å². The number of nitrogens with zero attached hydrogens (tertiary/aromatic N) is 1. The van der Waals surface area contributed by atoms with Crippen LogP contribution in [0.25, 0.3) is 0 Å². The summed E-state index contributed by atoms with van der Waals surface area (Å²) in [6.45, 7) is 4.73. The Bertz CT molecular complexity index is 494. The van der Waals surface area contributed by atoms with E-state index in [-0.39, 0.29) is 5.60 Å². The van der Waals surface area contributed by atoms with Gasteiger partial charge < -0.3 is 9.64 Å². The molecule has 2 nitrogen and oxygen atoms in total. The van der Waals surface area contributed by atoms with Crippen LogP contribution in [0.15, 0.2) is 18.2 Å². The second-order valence-electron chi connectivity index (χ2n) is 7.05. The fourth-order valence-electron chi connectivity index (χ4n) is 4.42. The fraction of sp³-hybridized carbons (Fsp3) is 0.667. The monoisotopic (exact) mass is 271 g/mol. The molecule has 1 aromatic carbocycles. The van der Waals surface area contributed by atoms with E-state index in [0.717, 1.165) is 18.2 Å². The predicted molar refractivity (Wildman–Crippen MR) is 81.3 cm³/mol. The molecule has 1 aromatic rings. The molecule has 20 heavy (non-hydrogen) atoms. The summed E-state index contributed by atoms with van der Waals surface area (Å²) in [6, 6.07) is 7.51. The lowest BCUT2D eigenvalue weighted by Gasteiger charge is -2.33. The summed E-state index contributed by atoms with van der Waals surface area (Å²) < 4.78 is 6.45. The third kappa shape index (κ3) is 2.14. The maximum atomic E-state index is 6.45. The van der Waals surface area contributed by atoms with Crippen LogP contribution >= 0.6 is 0 Å². The van der Waals surface area contributed by atoms with Gasteiger partial charge in [0.2, 0.25) is 0 Å². The Hall–Kier alpha value is -1.02. The highest BCUT2D eigenvalue weighted by molar-refractivity contribution is 5.42. The zero-order chi connectivity index (χ0) is 13.6. The quantitative estimate of drug-likeness (QED) is 0.713. The molecule has 0 radical (unpaired) electrons. The number of ether oxygens (including phenoxy) is 1. The average molecular weight is 271 g/mol. The molecule has 108 valence electrons. The zero-order valence-corrected chi connectivity index (χ0v) is 12.5. The number of hydrogen-bond donors (Lipinski definition) is 0. The molecule has 2 heteroatoms. The van der Waals surface area contributed by atoms with Gasteiger partial charge in [-0.05, 0) is 50.8 Å². The van der Waals surface area contributed by atoms with Gasteiger partial charge >= 0.3 is 0 Å². The summed E-state index contributed by atoms with van der Waals surface area (Å²) in [6.07, 6.45) is 9.12. The topological polar surface area (TPSA) is 12.5 Å². The highest BCUT2D eigenvalue weighted by Crippen LogP contribution is 2.43. The molecule has 2 unspecified atom stereocenters. The maximum Gasteiger partial charge on any atom is 0.123 e. The SMILES string of the molecule is Cc1ccc2c(c1)CC1(CCC3CCCCN3CC1)O2. The number of benzene rings is 1. The molecule has 4 rings (SSSR count). The highest BCUT2D eigenvalue weighted by Gasteiger charge is 2.42. The van der Waals surface area contributed by atoms with Crippen molar-refractivity contribution in [3.8, 4) is 5.75 Å². The van der Waals surface area contributed by atoms with Gasteiger partial charge in [0.25, 0.3) is 0 Å². The van der Waals surface area contributed by atoms with Crippen molar-refractivity contribution >= 4 is 0 Å². The lowest BCUT2D eigenvalue weighted by atomic mass is 9.88. The van der Waals surface area contributed by atoms with E-state index in [1.165, 1.54) is 62.7 Å². The van der Waals surface area contributed by atoms with Gasteiger partial charge in [0.15, 0.2) is 0 Å². The van der Waals surface area contributed by atoms with Crippen LogP contribution in [0, 0.1) is 6.92 Å². The predicted octanol–water partition coefficient (Wildman–Crippen LogP) is 3.71. The number of aryl methyl sites for hydroxylation is 1. The second kappa shape index (κ2) is 4.77. The molecule has 3 aliphatic rings. The Kier molecular flexibility index (Phi) is 3.03. The van der Waals surface area contributed by atoms with Crippen LogP contribution in [0.3, 0.4) is 0 Å². The van der Waals surface area contributed by atoms with Crippen LogP contribution in [-0.4, -0.2) is 29.6 Å². The van der Waals surface area contributed by atoms with E-state index in [9.17, 15) is 0 Å². The first-order valence-corrected chi connectivity index (χ1v) is 8.27. The summed E-state index contributed by atoms with van der Waals surface area (Å²) in [7, 11) is 0. The molecule has 0 amide bonds. The van der Waals surface area contributed by atoms with Crippen LogP contribution < -0.4 is 4.74 Å². The van der Waals surface area contributed by atoms with E-state index >= 15 is 0 Å². The smallest absolute Gasteiger partial charge is 0.123 e. The highest BCUT2D eigenvalue weighted by atomic mass is 16.5. The van der Waals surface area contributed by atoms with E-state index in [1.54, 1.807) is 0 Å². The van der Waals surface area contributed by atoms with E-state index in [1.807, 2.05) is 0 Å². The minimum atomic E-state index is 0.105. The van der Waals surface area contributed by atoms with Gasteiger partial charge in [-0.1, -0.05) is 24.1 Å². The minimum Gasteiger partial charge on any atom is -0.487 e. The van der Waals surface area contributed by atoms with Crippen molar-refractivity contribution in [3.63, 3.8) is 0 Å². The van der Waals surface area contributed by atoms with E-state index in [4.69, 9.17) is 4.74 Å². The number of piperidine rings is 1. The summed E-state index contributed by atoms with van der Waals surface area (Å²) in [5, 5.41) is 0. The van der Waals surface area contributed by atoms with Gasteiger partial charge in [0.1, 0.15) is 11.4 Å². The molecule has 3 aliphatic heterocycles. The molecule has 3 heterocycles. The Morgan fingerprint density at radius 2 is 2.10 bits per heavy atom. The van der Waals surface area contributed by atoms with Gasteiger partial charge in [0, 0.05) is 25.4 Å². The van der Waals surface area contributed by atoms with Crippen LogP contribution in [0.4, 0.5) is 0 Å². The third-order valence-electron chi connectivity index (χ3n) is 5.59. The second-order valence-corrected chi connectivity index (χ2v) is 7.05. The van der Waals surface area contributed by atoms with Gasteiger partial charge in [-0.3, -0.25) is 0 Å². The van der Waals surface area contributed by atoms with Crippen LogP contribution in [0.5, 0.6) is 5.75 Å². The third-order valence-corrected chi connectivity index (χ3v) is 5.59. The lowest BCUT2D eigenvalue weighted by molar-refractivity contribution is 0.0768. The molecule has 2 saturated heterocycles. The normalized spacial score (nSPS) is 33.4. The van der Waals surface area contributed by atoms with Gasteiger partial charge in [-0.15, -0.1) is 0 Å². The van der Waals surface area contributed by atoms with Gasteiger partial charge in [0.05, 0.1) is 0 Å². The molecule has 0 aliphatic carbocycles. The molecule has 0 aromatic heterocycles. The first-order valence-electron chi connectivity index (χ1n) is 8.27. The van der Waals surface area contributed by atoms with Crippen molar-refractivity contribution < 1.29 is 4.74 Å².